The Kier molecular flexibility index (Phi) is 8.27. The van der Waals surface area contributed by atoms with E-state index < -0.39 is 28.5 Å². The maximum Gasteiger partial charge on any atom is 0.294 e. The number of non-ortho nitro benzene ring substituents is 1. The van der Waals surface area contributed by atoms with Crippen LogP contribution in [0.3, 0.4) is 0 Å². The second-order valence-corrected chi connectivity index (χ2v) is 10.1. The number of carbonyl (C=O) groups excluding carboxylic acids is 3. The number of carbonyl (C=O) groups is 3. The van der Waals surface area contributed by atoms with Gasteiger partial charge in [0.2, 0.25) is 5.91 Å². The number of nitrogens with zero attached hydrogens (tertiary/aromatic N) is 2. The number of hydrogen-bond donors (Lipinski definition) is 1. The minimum Gasteiger partial charge on any atom is -0.488 e. The number of amides is 3. The summed E-state index contributed by atoms with van der Waals surface area (Å²) in [6.07, 6.45) is 1.53. The average molecular weight is 603 g/mol. The zero-order valence-electron chi connectivity index (χ0n) is 18.9. The first-order valence-electron chi connectivity index (χ1n) is 10.7. The highest BCUT2D eigenvalue weighted by atomic mass is 79.9. The monoisotopic (exact) mass is 601 g/mol. The molecule has 37 heavy (non-hydrogen) atoms. The van der Waals surface area contributed by atoms with Crippen LogP contribution in [-0.2, 0) is 16.2 Å². The van der Waals surface area contributed by atoms with Crippen LogP contribution in [0.25, 0.3) is 6.08 Å². The fraction of sp³-hybridized carbons (Fsp3) is 0.0800. The van der Waals surface area contributed by atoms with Crippen LogP contribution >= 0.6 is 39.3 Å². The quantitative estimate of drug-likeness (QED) is 0.183. The maximum absolute atomic E-state index is 12.9. The van der Waals surface area contributed by atoms with Gasteiger partial charge in [0.15, 0.2) is 0 Å². The van der Waals surface area contributed by atoms with Gasteiger partial charge in [0, 0.05) is 32.9 Å². The molecule has 12 heteroatoms. The highest BCUT2D eigenvalue weighted by molar-refractivity contribution is 9.10. The lowest BCUT2D eigenvalue weighted by atomic mass is 10.1. The van der Waals surface area contributed by atoms with Crippen molar-refractivity contribution in [1.29, 1.82) is 0 Å². The molecule has 0 spiro atoms. The number of nitrogens with one attached hydrogen (secondary N) is 1. The van der Waals surface area contributed by atoms with Crippen molar-refractivity contribution in [2.24, 2.45) is 0 Å². The summed E-state index contributed by atoms with van der Waals surface area (Å²) in [6.45, 7) is -0.306. The van der Waals surface area contributed by atoms with E-state index in [1.807, 2.05) is 0 Å². The molecule has 3 amide bonds. The van der Waals surface area contributed by atoms with Gasteiger partial charge in [0.05, 0.1) is 9.83 Å². The highest BCUT2D eigenvalue weighted by Gasteiger charge is 2.36. The normalized spacial score (nSPS) is 14.2. The third kappa shape index (κ3) is 6.76. The third-order valence-electron chi connectivity index (χ3n) is 5.10. The predicted octanol–water partition coefficient (Wildman–Crippen LogP) is 6.26. The number of anilines is 1. The van der Waals surface area contributed by atoms with Gasteiger partial charge in [0.1, 0.15) is 18.9 Å². The van der Waals surface area contributed by atoms with E-state index in [1.165, 1.54) is 18.2 Å². The first-order chi connectivity index (χ1) is 17.7. The molecule has 1 fully saturated rings. The third-order valence-corrected chi connectivity index (χ3v) is 6.76. The standard InChI is InChI=1S/C25H17BrClN3O6S/c26-17-3-10-21(36-14-15-1-8-20(9-2-15)30(34)35)16(11-17)12-22-24(32)29(25(33)37-22)13-23(31)28-19-6-4-18(27)5-7-19/h1-12H,13-14H2,(H,28,31)/b22-12-. The molecular weight excluding hydrogens is 586 g/mol. The minimum atomic E-state index is -0.595. The summed E-state index contributed by atoms with van der Waals surface area (Å²) in [5.41, 5.74) is 1.71. The summed E-state index contributed by atoms with van der Waals surface area (Å²) in [5, 5.41) is 13.4. The van der Waals surface area contributed by atoms with Crippen molar-refractivity contribution in [2.45, 2.75) is 6.61 Å². The molecule has 0 aliphatic carbocycles. The van der Waals surface area contributed by atoms with Crippen molar-refractivity contribution in [3.63, 3.8) is 0 Å². The smallest absolute Gasteiger partial charge is 0.294 e. The Hall–Kier alpha value is -3.67. The summed E-state index contributed by atoms with van der Waals surface area (Å²) >= 11 is 9.96. The van der Waals surface area contributed by atoms with E-state index >= 15 is 0 Å². The zero-order valence-corrected chi connectivity index (χ0v) is 22.0. The summed E-state index contributed by atoms with van der Waals surface area (Å²) in [5.74, 6) is -0.683. The Balaban J connectivity index is 1.46. The molecule has 3 aromatic carbocycles. The van der Waals surface area contributed by atoms with Crippen LogP contribution < -0.4 is 10.1 Å². The lowest BCUT2D eigenvalue weighted by Crippen LogP contribution is -2.36. The number of ether oxygens (including phenoxy) is 1. The first kappa shape index (κ1) is 26.4. The number of halogens is 2. The Morgan fingerprint density at radius 3 is 2.49 bits per heavy atom. The predicted molar refractivity (Wildman–Crippen MR) is 144 cm³/mol. The second-order valence-electron chi connectivity index (χ2n) is 7.72. The van der Waals surface area contributed by atoms with Gasteiger partial charge in [-0.05, 0) is 78.0 Å². The molecule has 0 unspecified atom stereocenters. The van der Waals surface area contributed by atoms with E-state index in [4.69, 9.17) is 16.3 Å². The van der Waals surface area contributed by atoms with Gasteiger partial charge in [-0.25, -0.2) is 0 Å². The largest absolute Gasteiger partial charge is 0.488 e. The van der Waals surface area contributed by atoms with Crippen LogP contribution in [0.5, 0.6) is 5.75 Å². The summed E-state index contributed by atoms with van der Waals surface area (Å²) < 4.78 is 6.61. The van der Waals surface area contributed by atoms with E-state index in [1.54, 1.807) is 54.6 Å². The van der Waals surface area contributed by atoms with Crippen molar-refractivity contribution in [3.8, 4) is 5.75 Å². The van der Waals surface area contributed by atoms with Crippen molar-refractivity contribution < 1.29 is 24.0 Å². The number of nitro benzene ring substituents is 1. The van der Waals surface area contributed by atoms with Crippen LogP contribution in [0.1, 0.15) is 11.1 Å². The molecule has 0 aromatic heterocycles. The Morgan fingerprint density at radius 1 is 1.11 bits per heavy atom. The van der Waals surface area contributed by atoms with Gasteiger partial charge >= 0.3 is 0 Å². The Labute approximate surface area is 228 Å². The maximum atomic E-state index is 12.9. The van der Waals surface area contributed by atoms with Gasteiger partial charge in [-0.2, -0.15) is 0 Å². The van der Waals surface area contributed by atoms with Gasteiger partial charge < -0.3 is 10.1 Å². The Bertz CT molecular complexity index is 1410. The fourth-order valence-corrected chi connectivity index (χ4v) is 4.63. The summed E-state index contributed by atoms with van der Waals surface area (Å²) in [4.78, 5) is 49.2. The van der Waals surface area contributed by atoms with Gasteiger partial charge in [0.25, 0.3) is 16.8 Å². The van der Waals surface area contributed by atoms with Crippen molar-refractivity contribution in [2.75, 3.05) is 11.9 Å². The molecule has 9 nitrogen and oxygen atoms in total. The van der Waals surface area contributed by atoms with Crippen molar-refractivity contribution >= 4 is 73.8 Å². The van der Waals surface area contributed by atoms with Crippen molar-refractivity contribution in [3.05, 3.63) is 102 Å². The molecule has 0 bridgehead atoms. The van der Waals surface area contributed by atoms with Crippen molar-refractivity contribution in [1.82, 2.24) is 4.90 Å². The van der Waals surface area contributed by atoms with Crippen LogP contribution in [0.2, 0.25) is 5.02 Å². The molecule has 1 heterocycles. The lowest BCUT2D eigenvalue weighted by Gasteiger charge is -2.13. The number of rotatable bonds is 8. The van der Waals surface area contributed by atoms with Gasteiger partial charge in [-0.15, -0.1) is 0 Å². The molecule has 1 N–H and O–H groups in total. The number of benzene rings is 3. The molecule has 0 saturated carbocycles. The van der Waals surface area contributed by atoms with Crippen LogP contribution in [0.4, 0.5) is 16.2 Å². The fourth-order valence-electron chi connectivity index (χ4n) is 3.29. The molecule has 4 rings (SSSR count). The molecule has 1 saturated heterocycles. The average Bonchev–Trinajstić information content (AvgIpc) is 3.12. The number of hydrogen-bond acceptors (Lipinski definition) is 7. The molecule has 188 valence electrons. The molecule has 0 atom stereocenters. The summed E-state index contributed by atoms with van der Waals surface area (Å²) in [7, 11) is 0. The zero-order chi connectivity index (χ0) is 26.5. The number of nitro groups is 1. The van der Waals surface area contributed by atoms with Crippen LogP contribution in [0, 0.1) is 10.1 Å². The van der Waals surface area contributed by atoms with E-state index in [9.17, 15) is 24.5 Å². The van der Waals surface area contributed by atoms with E-state index in [-0.39, 0.29) is 17.2 Å². The SMILES string of the molecule is O=C(CN1C(=O)S/C(=C\c2cc(Br)ccc2OCc2ccc([N+](=O)[O-])cc2)C1=O)Nc1ccc(Cl)cc1. The van der Waals surface area contributed by atoms with Gasteiger partial charge in [-0.3, -0.25) is 29.4 Å². The van der Waals surface area contributed by atoms with Gasteiger partial charge in [-0.1, -0.05) is 27.5 Å². The topological polar surface area (TPSA) is 119 Å². The molecule has 3 aromatic rings. The molecular formula is C25H17BrClN3O6S. The Morgan fingerprint density at radius 2 is 1.81 bits per heavy atom. The molecule has 1 aliphatic heterocycles. The molecule has 0 radical (unpaired) electrons. The lowest BCUT2D eigenvalue weighted by molar-refractivity contribution is -0.384. The summed E-state index contributed by atoms with van der Waals surface area (Å²) in [6, 6.07) is 17.6. The first-order valence-corrected chi connectivity index (χ1v) is 12.6. The van der Waals surface area contributed by atoms with Crippen LogP contribution in [0.15, 0.2) is 76.1 Å². The minimum absolute atomic E-state index is 0.0225. The van der Waals surface area contributed by atoms with E-state index in [0.717, 1.165) is 21.1 Å². The van der Waals surface area contributed by atoms with E-state index in [0.29, 0.717) is 27.6 Å². The second kappa shape index (κ2) is 11.6. The van der Waals surface area contributed by atoms with E-state index in [2.05, 4.69) is 21.2 Å². The number of thioether (sulfide) groups is 1. The number of imide groups is 1. The molecule has 1 aliphatic rings. The van der Waals surface area contributed by atoms with Crippen LogP contribution in [-0.4, -0.2) is 33.4 Å². The highest BCUT2D eigenvalue weighted by Crippen LogP contribution is 2.35.